The predicted molar refractivity (Wildman–Crippen MR) is 71.9 cm³/mol. The lowest BCUT2D eigenvalue weighted by molar-refractivity contribution is 0.0696. The number of carbonyl (C=O) groups is 1. The van der Waals surface area contributed by atoms with E-state index in [1.165, 1.54) is 36.4 Å². The van der Waals surface area contributed by atoms with Crippen LogP contribution >= 0.6 is 0 Å². The van der Waals surface area contributed by atoms with Crippen molar-refractivity contribution >= 4 is 15.8 Å². The topological polar surface area (TPSA) is 71.4 Å². The van der Waals surface area contributed by atoms with Crippen LogP contribution in [-0.4, -0.2) is 25.7 Å². The lowest BCUT2D eigenvalue weighted by Gasteiger charge is -2.06. The van der Waals surface area contributed by atoms with Gasteiger partial charge in [0.05, 0.1) is 10.5 Å². The minimum atomic E-state index is -3.30. The lowest BCUT2D eigenvalue weighted by Crippen LogP contribution is -1.98. The van der Waals surface area contributed by atoms with Crippen LogP contribution in [0.1, 0.15) is 10.4 Å². The van der Waals surface area contributed by atoms with Gasteiger partial charge in [-0.25, -0.2) is 17.6 Å². The Labute approximate surface area is 115 Å². The van der Waals surface area contributed by atoms with Crippen molar-refractivity contribution in [1.29, 1.82) is 0 Å². The van der Waals surface area contributed by atoms with Gasteiger partial charge in [0.2, 0.25) is 0 Å². The van der Waals surface area contributed by atoms with Crippen molar-refractivity contribution in [2.75, 3.05) is 6.26 Å². The fraction of sp³-hybridized carbons (Fsp3) is 0.0714. The Kier molecular flexibility index (Phi) is 3.59. The normalized spacial score (nSPS) is 11.3. The Morgan fingerprint density at radius 1 is 1.10 bits per heavy atom. The van der Waals surface area contributed by atoms with E-state index in [-0.39, 0.29) is 16.0 Å². The van der Waals surface area contributed by atoms with Gasteiger partial charge in [0.25, 0.3) is 0 Å². The molecule has 0 amide bonds. The zero-order chi connectivity index (χ0) is 14.9. The van der Waals surface area contributed by atoms with Crippen molar-refractivity contribution in [2.24, 2.45) is 0 Å². The maximum absolute atomic E-state index is 13.8. The van der Waals surface area contributed by atoms with Crippen LogP contribution in [-0.2, 0) is 9.84 Å². The first kappa shape index (κ1) is 14.2. The second-order valence-electron chi connectivity index (χ2n) is 4.30. The molecular weight excluding hydrogens is 283 g/mol. The Hall–Kier alpha value is -2.21. The summed E-state index contributed by atoms with van der Waals surface area (Å²) in [5.41, 5.74) is 0.556. The van der Waals surface area contributed by atoms with Gasteiger partial charge in [-0.2, -0.15) is 0 Å². The Morgan fingerprint density at radius 2 is 1.70 bits per heavy atom. The van der Waals surface area contributed by atoms with Gasteiger partial charge in [0, 0.05) is 11.8 Å². The van der Waals surface area contributed by atoms with Gasteiger partial charge >= 0.3 is 5.97 Å². The number of carboxylic acid groups (broad SMARTS) is 1. The van der Waals surface area contributed by atoms with E-state index in [1.54, 1.807) is 0 Å². The van der Waals surface area contributed by atoms with E-state index >= 15 is 0 Å². The van der Waals surface area contributed by atoms with E-state index in [0.29, 0.717) is 5.56 Å². The summed E-state index contributed by atoms with van der Waals surface area (Å²) in [4.78, 5) is 10.9. The number of sulfone groups is 1. The van der Waals surface area contributed by atoms with E-state index in [4.69, 9.17) is 5.11 Å². The number of rotatable bonds is 3. The molecule has 0 bridgehead atoms. The van der Waals surface area contributed by atoms with E-state index in [2.05, 4.69) is 0 Å². The summed E-state index contributed by atoms with van der Waals surface area (Å²) in [6, 6.07) is 9.32. The molecule has 0 aliphatic rings. The van der Waals surface area contributed by atoms with Crippen molar-refractivity contribution in [1.82, 2.24) is 0 Å². The van der Waals surface area contributed by atoms with Crippen molar-refractivity contribution in [3.63, 3.8) is 0 Å². The molecule has 2 aromatic rings. The highest BCUT2D eigenvalue weighted by atomic mass is 32.2. The molecule has 2 aromatic carbocycles. The smallest absolute Gasteiger partial charge is 0.335 e. The van der Waals surface area contributed by atoms with Gasteiger partial charge in [0.15, 0.2) is 9.84 Å². The number of halogens is 1. The number of benzene rings is 2. The molecule has 1 N–H and O–H groups in total. The minimum Gasteiger partial charge on any atom is -0.478 e. The average Bonchev–Trinajstić information content (AvgIpc) is 2.37. The second-order valence-corrected chi connectivity index (χ2v) is 6.31. The van der Waals surface area contributed by atoms with Crippen LogP contribution < -0.4 is 0 Å². The molecule has 0 saturated carbocycles. The third kappa shape index (κ3) is 2.85. The molecule has 0 spiro atoms. The summed E-state index contributed by atoms with van der Waals surface area (Å²) in [7, 11) is -3.30. The van der Waals surface area contributed by atoms with Gasteiger partial charge in [0.1, 0.15) is 5.82 Å². The van der Waals surface area contributed by atoms with Gasteiger partial charge in [-0.1, -0.05) is 18.2 Å². The number of aromatic carboxylic acids is 1. The van der Waals surface area contributed by atoms with Gasteiger partial charge in [-0.3, -0.25) is 0 Å². The van der Waals surface area contributed by atoms with Crippen LogP contribution in [0.3, 0.4) is 0 Å². The van der Waals surface area contributed by atoms with Crippen molar-refractivity contribution in [3.05, 3.63) is 53.8 Å². The molecule has 0 aromatic heterocycles. The average molecular weight is 294 g/mol. The zero-order valence-electron chi connectivity index (χ0n) is 10.5. The molecule has 0 heterocycles. The van der Waals surface area contributed by atoms with Gasteiger partial charge in [-0.15, -0.1) is 0 Å². The molecular formula is C14H11FO4S. The van der Waals surface area contributed by atoms with Crippen LogP contribution in [0.5, 0.6) is 0 Å². The first-order valence-corrected chi connectivity index (χ1v) is 7.51. The largest absolute Gasteiger partial charge is 0.478 e. The zero-order valence-corrected chi connectivity index (χ0v) is 11.3. The SMILES string of the molecule is CS(=O)(=O)c1ccc(-c2ccc(C(=O)O)cc2F)cc1. The maximum Gasteiger partial charge on any atom is 0.335 e. The predicted octanol–water partition coefficient (Wildman–Crippen LogP) is 2.59. The van der Waals surface area contributed by atoms with Crippen LogP contribution in [0, 0.1) is 5.82 Å². The summed E-state index contributed by atoms with van der Waals surface area (Å²) >= 11 is 0. The van der Waals surface area contributed by atoms with Crippen LogP contribution in [0.4, 0.5) is 4.39 Å². The molecule has 104 valence electrons. The molecule has 0 aliphatic carbocycles. The molecule has 2 rings (SSSR count). The molecule has 6 heteroatoms. The van der Waals surface area contributed by atoms with Crippen molar-refractivity contribution in [2.45, 2.75) is 4.90 Å². The summed E-state index contributed by atoms with van der Waals surface area (Å²) in [5, 5.41) is 8.76. The first-order chi connectivity index (χ1) is 9.29. The highest BCUT2D eigenvalue weighted by Crippen LogP contribution is 2.25. The molecule has 0 radical (unpaired) electrons. The Balaban J connectivity index is 2.45. The lowest BCUT2D eigenvalue weighted by atomic mass is 10.0. The van der Waals surface area contributed by atoms with E-state index in [0.717, 1.165) is 12.3 Å². The van der Waals surface area contributed by atoms with Crippen molar-refractivity contribution < 1.29 is 22.7 Å². The third-order valence-electron chi connectivity index (χ3n) is 2.81. The molecule has 20 heavy (non-hydrogen) atoms. The number of hydrogen-bond acceptors (Lipinski definition) is 3. The summed E-state index contributed by atoms with van der Waals surface area (Å²) in [6.07, 6.45) is 1.09. The third-order valence-corrected chi connectivity index (χ3v) is 3.94. The monoisotopic (exact) mass is 294 g/mol. The first-order valence-electron chi connectivity index (χ1n) is 5.62. The summed E-state index contributed by atoms with van der Waals surface area (Å²) in [6.45, 7) is 0. The molecule has 0 aliphatic heterocycles. The van der Waals surface area contributed by atoms with E-state index < -0.39 is 21.6 Å². The summed E-state index contributed by atoms with van der Waals surface area (Å²) in [5.74, 6) is -1.88. The number of carboxylic acids is 1. The molecule has 0 unspecified atom stereocenters. The van der Waals surface area contributed by atoms with Crippen molar-refractivity contribution in [3.8, 4) is 11.1 Å². The van der Waals surface area contributed by atoms with Crippen LogP contribution in [0.25, 0.3) is 11.1 Å². The fourth-order valence-corrected chi connectivity index (χ4v) is 2.39. The van der Waals surface area contributed by atoms with Crippen LogP contribution in [0.2, 0.25) is 0 Å². The minimum absolute atomic E-state index is 0.140. The molecule has 0 fully saturated rings. The molecule has 0 atom stereocenters. The second kappa shape index (κ2) is 5.05. The summed E-state index contributed by atoms with van der Waals surface area (Å²) < 4.78 is 36.5. The number of hydrogen-bond donors (Lipinski definition) is 1. The van der Waals surface area contributed by atoms with Crippen LogP contribution in [0.15, 0.2) is 47.4 Å². The van der Waals surface area contributed by atoms with Gasteiger partial charge in [-0.05, 0) is 29.8 Å². The Morgan fingerprint density at radius 3 is 2.15 bits per heavy atom. The molecule has 4 nitrogen and oxygen atoms in total. The molecule has 0 saturated heterocycles. The highest BCUT2D eigenvalue weighted by molar-refractivity contribution is 7.90. The Bertz CT molecular complexity index is 764. The van der Waals surface area contributed by atoms with Gasteiger partial charge < -0.3 is 5.11 Å². The fourth-order valence-electron chi connectivity index (χ4n) is 1.76. The quantitative estimate of drug-likeness (QED) is 0.944. The highest BCUT2D eigenvalue weighted by Gasteiger charge is 2.11. The maximum atomic E-state index is 13.8. The van der Waals surface area contributed by atoms with E-state index in [9.17, 15) is 17.6 Å². The van der Waals surface area contributed by atoms with E-state index in [1.807, 2.05) is 0 Å². The standard InChI is InChI=1S/C14H11FO4S/c1-20(18,19)11-5-2-9(3-6-11)12-7-4-10(14(16)17)8-13(12)15/h2-8H,1H3,(H,16,17).